The van der Waals surface area contributed by atoms with Crippen molar-refractivity contribution in [3.05, 3.63) is 95.3 Å². The van der Waals surface area contributed by atoms with E-state index in [-0.39, 0.29) is 24.4 Å². The molecule has 0 bridgehead atoms. The van der Waals surface area contributed by atoms with Gasteiger partial charge in [0.1, 0.15) is 17.6 Å². The number of amides is 1. The van der Waals surface area contributed by atoms with Gasteiger partial charge in [-0.2, -0.15) is 0 Å². The minimum Gasteiger partial charge on any atom is -0.497 e. The third kappa shape index (κ3) is 5.55. The Bertz CT molecular complexity index is 1070. The molecule has 1 fully saturated rings. The maximum absolute atomic E-state index is 14.1. The molecule has 0 radical (unpaired) electrons. The Morgan fingerprint density at radius 3 is 2.65 bits per heavy atom. The fraction of sp³-hybridized carbons (Fsp3) is 0.296. The van der Waals surface area contributed by atoms with E-state index in [0.29, 0.717) is 42.3 Å². The Hall–Kier alpha value is -3.42. The van der Waals surface area contributed by atoms with E-state index in [9.17, 15) is 14.3 Å². The van der Waals surface area contributed by atoms with E-state index in [0.717, 1.165) is 12.0 Å². The molecule has 178 valence electrons. The molecule has 2 unspecified atom stereocenters. The first-order chi connectivity index (χ1) is 16.6. The highest BCUT2D eigenvalue weighted by atomic mass is 19.1. The lowest BCUT2D eigenvalue weighted by Gasteiger charge is -2.33. The van der Waals surface area contributed by atoms with Crippen molar-refractivity contribution in [1.82, 2.24) is 4.90 Å². The molecule has 3 aromatic carbocycles. The zero-order valence-electron chi connectivity index (χ0n) is 19.1. The van der Waals surface area contributed by atoms with Crippen LogP contribution in [0.4, 0.5) is 10.1 Å². The SMILES string of the molecule is COc1cc(CO)cc(NC(C(=O)N2CCCOCC2c2ccccc2)c2ccc(F)cc2)c1. The molecule has 2 atom stereocenters. The highest BCUT2D eigenvalue weighted by molar-refractivity contribution is 5.86. The molecule has 2 N–H and O–H groups in total. The van der Waals surface area contributed by atoms with E-state index < -0.39 is 6.04 Å². The maximum atomic E-state index is 14.1. The van der Waals surface area contributed by atoms with Crippen LogP contribution in [0.3, 0.4) is 0 Å². The fourth-order valence-corrected chi connectivity index (χ4v) is 4.22. The van der Waals surface area contributed by atoms with Crippen LogP contribution >= 0.6 is 0 Å². The summed E-state index contributed by atoms with van der Waals surface area (Å²) in [4.78, 5) is 15.9. The minimum absolute atomic E-state index is 0.140. The molecule has 1 saturated heterocycles. The Kier molecular flexibility index (Phi) is 7.77. The van der Waals surface area contributed by atoms with Crippen molar-refractivity contribution in [2.45, 2.75) is 25.1 Å². The number of aliphatic hydroxyl groups is 1. The summed E-state index contributed by atoms with van der Waals surface area (Å²) in [7, 11) is 1.55. The smallest absolute Gasteiger partial charge is 0.250 e. The highest BCUT2D eigenvalue weighted by Crippen LogP contribution is 2.31. The van der Waals surface area contributed by atoms with Crippen LogP contribution in [0, 0.1) is 5.82 Å². The van der Waals surface area contributed by atoms with Crippen LogP contribution in [0.2, 0.25) is 0 Å². The number of rotatable bonds is 7. The summed E-state index contributed by atoms with van der Waals surface area (Å²) in [5.74, 6) is 0.0493. The Labute approximate surface area is 198 Å². The van der Waals surface area contributed by atoms with Crippen LogP contribution in [0.5, 0.6) is 5.75 Å². The molecule has 34 heavy (non-hydrogen) atoms. The van der Waals surface area contributed by atoms with Gasteiger partial charge in [0.2, 0.25) is 5.91 Å². The molecule has 7 heteroatoms. The second-order valence-corrected chi connectivity index (χ2v) is 8.24. The molecule has 0 aromatic heterocycles. The van der Waals surface area contributed by atoms with Gasteiger partial charge < -0.3 is 24.8 Å². The van der Waals surface area contributed by atoms with Crippen molar-refractivity contribution < 1.29 is 23.8 Å². The summed E-state index contributed by atoms with van der Waals surface area (Å²) in [5, 5.41) is 13.0. The van der Waals surface area contributed by atoms with Gasteiger partial charge in [-0.25, -0.2) is 4.39 Å². The third-order valence-corrected chi connectivity index (χ3v) is 5.95. The minimum atomic E-state index is -0.774. The zero-order chi connectivity index (χ0) is 23.9. The van der Waals surface area contributed by atoms with Crippen molar-refractivity contribution in [2.75, 3.05) is 32.2 Å². The van der Waals surface area contributed by atoms with Crippen molar-refractivity contribution in [3.8, 4) is 5.75 Å². The third-order valence-electron chi connectivity index (χ3n) is 5.95. The van der Waals surface area contributed by atoms with Crippen molar-refractivity contribution in [3.63, 3.8) is 0 Å². The second kappa shape index (κ2) is 11.1. The van der Waals surface area contributed by atoms with Crippen LogP contribution in [0.15, 0.2) is 72.8 Å². The van der Waals surface area contributed by atoms with Gasteiger partial charge in [0, 0.05) is 24.9 Å². The van der Waals surface area contributed by atoms with E-state index in [1.54, 1.807) is 37.4 Å². The number of nitrogens with one attached hydrogen (secondary N) is 1. The second-order valence-electron chi connectivity index (χ2n) is 8.24. The summed E-state index contributed by atoms with van der Waals surface area (Å²) in [6.07, 6.45) is 0.721. The summed E-state index contributed by atoms with van der Waals surface area (Å²) < 4.78 is 24.9. The van der Waals surface area contributed by atoms with E-state index in [1.807, 2.05) is 35.2 Å². The number of ether oxygens (including phenoxy) is 2. The molecular weight excluding hydrogens is 435 g/mol. The van der Waals surface area contributed by atoms with Gasteiger partial charge in [0.15, 0.2) is 0 Å². The van der Waals surface area contributed by atoms with Gasteiger partial charge in [-0.1, -0.05) is 42.5 Å². The topological polar surface area (TPSA) is 71.0 Å². The standard InChI is InChI=1S/C27H29FN2O4/c1-33-24-15-19(17-31)14-23(16-24)29-26(21-8-10-22(28)11-9-21)27(32)30-12-5-13-34-18-25(30)20-6-3-2-4-7-20/h2-4,6-11,14-16,25-26,29,31H,5,12-13,17-18H2,1H3. The number of nitrogens with zero attached hydrogens (tertiary/aromatic N) is 1. The predicted molar refractivity (Wildman–Crippen MR) is 128 cm³/mol. The molecule has 1 aliphatic rings. The molecule has 1 aliphatic heterocycles. The monoisotopic (exact) mass is 464 g/mol. The van der Waals surface area contributed by atoms with E-state index in [1.165, 1.54) is 12.1 Å². The summed E-state index contributed by atoms with van der Waals surface area (Å²) in [6, 6.07) is 20.0. The Morgan fingerprint density at radius 2 is 1.94 bits per heavy atom. The maximum Gasteiger partial charge on any atom is 0.250 e. The van der Waals surface area contributed by atoms with Gasteiger partial charge in [-0.15, -0.1) is 0 Å². The largest absolute Gasteiger partial charge is 0.497 e. The zero-order valence-corrected chi connectivity index (χ0v) is 19.1. The van der Waals surface area contributed by atoms with E-state index in [4.69, 9.17) is 9.47 Å². The molecule has 1 amide bonds. The number of benzene rings is 3. The first kappa shape index (κ1) is 23.7. The molecule has 3 aromatic rings. The van der Waals surface area contributed by atoms with Crippen molar-refractivity contribution in [1.29, 1.82) is 0 Å². The lowest BCUT2D eigenvalue weighted by atomic mass is 10.0. The van der Waals surface area contributed by atoms with Crippen molar-refractivity contribution in [2.24, 2.45) is 0 Å². The Morgan fingerprint density at radius 1 is 1.18 bits per heavy atom. The molecule has 1 heterocycles. The van der Waals surface area contributed by atoms with Gasteiger partial charge in [0.25, 0.3) is 0 Å². The van der Waals surface area contributed by atoms with E-state index >= 15 is 0 Å². The average Bonchev–Trinajstić information content (AvgIpc) is 3.14. The normalized spacial score (nSPS) is 17.0. The van der Waals surface area contributed by atoms with Crippen molar-refractivity contribution >= 4 is 11.6 Å². The molecule has 0 spiro atoms. The number of methoxy groups -OCH3 is 1. The van der Waals surface area contributed by atoms with Gasteiger partial charge in [-0.3, -0.25) is 4.79 Å². The van der Waals surface area contributed by atoms with Crippen LogP contribution in [-0.4, -0.2) is 42.8 Å². The number of halogens is 1. The predicted octanol–water partition coefficient (Wildman–Crippen LogP) is 4.47. The van der Waals surface area contributed by atoms with Crippen LogP contribution < -0.4 is 10.1 Å². The first-order valence-corrected chi connectivity index (χ1v) is 11.3. The van der Waals surface area contributed by atoms with E-state index in [2.05, 4.69) is 5.32 Å². The number of carbonyl (C=O) groups excluding carboxylic acids is 1. The quantitative estimate of drug-likeness (QED) is 0.540. The van der Waals surface area contributed by atoms with Gasteiger partial charge in [0.05, 0.1) is 26.4 Å². The molecule has 0 saturated carbocycles. The first-order valence-electron chi connectivity index (χ1n) is 11.3. The fourth-order valence-electron chi connectivity index (χ4n) is 4.22. The number of hydrogen-bond donors (Lipinski definition) is 2. The number of carbonyl (C=O) groups is 1. The lowest BCUT2D eigenvalue weighted by Crippen LogP contribution is -2.41. The number of anilines is 1. The average molecular weight is 465 g/mol. The molecule has 6 nitrogen and oxygen atoms in total. The van der Waals surface area contributed by atoms with Gasteiger partial charge in [-0.05, 0) is 47.4 Å². The highest BCUT2D eigenvalue weighted by Gasteiger charge is 2.33. The Balaban J connectivity index is 1.72. The van der Waals surface area contributed by atoms with Crippen LogP contribution in [0.1, 0.15) is 35.2 Å². The summed E-state index contributed by atoms with van der Waals surface area (Å²) >= 11 is 0. The molecular formula is C27H29FN2O4. The van der Waals surface area contributed by atoms with Crippen LogP contribution in [-0.2, 0) is 16.1 Å². The lowest BCUT2D eigenvalue weighted by molar-refractivity contribution is -0.135. The number of aliphatic hydroxyl groups excluding tert-OH is 1. The summed E-state index contributed by atoms with van der Waals surface area (Å²) in [5.41, 5.74) is 2.90. The van der Waals surface area contributed by atoms with Gasteiger partial charge >= 0.3 is 0 Å². The summed E-state index contributed by atoms with van der Waals surface area (Å²) in [6.45, 7) is 1.36. The molecule has 0 aliphatic carbocycles. The van der Waals surface area contributed by atoms with Crippen LogP contribution in [0.25, 0.3) is 0 Å². The molecule has 4 rings (SSSR count). The number of hydrogen-bond acceptors (Lipinski definition) is 5.